The topological polar surface area (TPSA) is 110 Å². The third kappa shape index (κ3) is 3.31. The Morgan fingerprint density at radius 3 is 2.55 bits per heavy atom. The molecule has 0 spiro atoms. The molecule has 2 aliphatic rings. The minimum absolute atomic E-state index is 0. The van der Waals surface area contributed by atoms with Gasteiger partial charge in [0.2, 0.25) is 0 Å². The van der Waals surface area contributed by atoms with E-state index in [1.165, 1.54) is 18.2 Å². The summed E-state index contributed by atoms with van der Waals surface area (Å²) in [6.45, 7) is 0. The van der Waals surface area contributed by atoms with E-state index in [0.717, 1.165) is 25.7 Å². The average Bonchev–Trinajstić information content (AvgIpc) is 2.78. The summed E-state index contributed by atoms with van der Waals surface area (Å²) in [5.41, 5.74) is 6.08. The number of nitrogens with two attached hydrogens (primary N) is 1. The largest absolute Gasteiger partial charge is 0.398 e. The van der Waals surface area contributed by atoms with Crippen molar-refractivity contribution in [2.75, 3.05) is 5.73 Å². The van der Waals surface area contributed by atoms with E-state index in [1.807, 2.05) is 0 Å². The van der Waals surface area contributed by atoms with Gasteiger partial charge >= 0.3 is 0 Å². The van der Waals surface area contributed by atoms with Crippen LogP contribution in [0.1, 0.15) is 36.0 Å². The number of amides is 1. The van der Waals surface area contributed by atoms with Crippen LogP contribution in [-0.2, 0) is 0 Å². The van der Waals surface area contributed by atoms with Gasteiger partial charge in [0.15, 0.2) is 0 Å². The molecule has 1 aromatic carbocycles. The highest BCUT2D eigenvalue weighted by molar-refractivity contribution is 6.00. The molecule has 2 bridgehead atoms. The summed E-state index contributed by atoms with van der Waals surface area (Å²) in [6.07, 6.45) is 4.10. The molecule has 120 valence electrons. The SMILES string of the molecule is Cl.Nc1ccc([N+](=O)[O-])cc1C(=O)NC1CC2CCC(C1)N2. The Labute approximate surface area is 134 Å². The van der Waals surface area contributed by atoms with E-state index < -0.39 is 4.92 Å². The van der Waals surface area contributed by atoms with Crippen LogP contribution in [0.2, 0.25) is 0 Å². The first-order valence-corrected chi connectivity index (χ1v) is 7.14. The number of carbonyl (C=O) groups is 1. The zero-order chi connectivity index (χ0) is 15.0. The fraction of sp³-hybridized carbons (Fsp3) is 0.500. The van der Waals surface area contributed by atoms with Gasteiger partial charge in [-0.3, -0.25) is 14.9 Å². The zero-order valence-corrected chi connectivity index (χ0v) is 12.8. The molecule has 2 saturated heterocycles. The van der Waals surface area contributed by atoms with Crippen LogP contribution in [0, 0.1) is 10.1 Å². The quantitative estimate of drug-likeness (QED) is 0.444. The number of nitro groups is 1. The molecule has 2 unspecified atom stereocenters. The molecule has 2 fully saturated rings. The van der Waals surface area contributed by atoms with Crippen molar-refractivity contribution >= 4 is 29.7 Å². The van der Waals surface area contributed by atoms with E-state index in [9.17, 15) is 14.9 Å². The van der Waals surface area contributed by atoms with Crippen LogP contribution in [0.5, 0.6) is 0 Å². The van der Waals surface area contributed by atoms with E-state index >= 15 is 0 Å². The second-order valence-corrected chi connectivity index (χ2v) is 5.81. The molecule has 2 aliphatic heterocycles. The minimum Gasteiger partial charge on any atom is -0.398 e. The molecule has 8 heteroatoms. The summed E-state index contributed by atoms with van der Waals surface area (Å²) >= 11 is 0. The first-order chi connectivity index (χ1) is 10.0. The number of nitro benzene ring substituents is 1. The van der Waals surface area contributed by atoms with Gasteiger partial charge in [-0.1, -0.05) is 0 Å². The van der Waals surface area contributed by atoms with Crippen LogP contribution in [0.3, 0.4) is 0 Å². The number of benzene rings is 1. The lowest BCUT2D eigenvalue weighted by atomic mass is 9.99. The molecule has 1 amide bonds. The standard InChI is InChI=1S/C14H18N4O3.ClH/c15-13-4-3-11(18(20)21)7-12(13)14(19)17-10-5-8-1-2-9(6-10)16-8;/h3-4,7-10,16H,1-2,5-6,15H2,(H,17,19);1H. The molecule has 0 aliphatic carbocycles. The van der Waals surface area contributed by atoms with Crippen molar-refractivity contribution in [3.63, 3.8) is 0 Å². The third-order valence-electron chi connectivity index (χ3n) is 4.30. The number of fused-ring (bicyclic) bond motifs is 2. The number of nitrogens with one attached hydrogen (secondary N) is 2. The Balaban J connectivity index is 0.00000176. The number of hydrogen-bond donors (Lipinski definition) is 3. The lowest BCUT2D eigenvalue weighted by Gasteiger charge is -2.29. The van der Waals surface area contributed by atoms with Crippen molar-refractivity contribution in [2.24, 2.45) is 0 Å². The van der Waals surface area contributed by atoms with E-state index in [2.05, 4.69) is 10.6 Å². The Morgan fingerprint density at radius 1 is 1.32 bits per heavy atom. The molecule has 0 saturated carbocycles. The predicted molar refractivity (Wildman–Crippen MR) is 85.2 cm³/mol. The lowest BCUT2D eigenvalue weighted by molar-refractivity contribution is -0.384. The van der Waals surface area contributed by atoms with Crippen LogP contribution in [0.25, 0.3) is 0 Å². The van der Waals surface area contributed by atoms with Gasteiger partial charge in [0.1, 0.15) is 0 Å². The molecule has 4 N–H and O–H groups in total. The van der Waals surface area contributed by atoms with Crippen molar-refractivity contribution in [1.29, 1.82) is 0 Å². The molecule has 0 radical (unpaired) electrons. The third-order valence-corrected chi connectivity index (χ3v) is 4.30. The second kappa shape index (κ2) is 6.50. The maximum atomic E-state index is 12.3. The van der Waals surface area contributed by atoms with Crippen LogP contribution in [0.4, 0.5) is 11.4 Å². The van der Waals surface area contributed by atoms with Gasteiger partial charge in [0.25, 0.3) is 11.6 Å². The number of carbonyl (C=O) groups excluding carboxylic acids is 1. The van der Waals surface area contributed by atoms with E-state index in [-0.39, 0.29) is 41.3 Å². The zero-order valence-electron chi connectivity index (χ0n) is 12.0. The van der Waals surface area contributed by atoms with Crippen molar-refractivity contribution in [1.82, 2.24) is 10.6 Å². The minimum atomic E-state index is -0.527. The highest BCUT2D eigenvalue weighted by Gasteiger charge is 2.34. The Morgan fingerprint density at radius 2 is 1.95 bits per heavy atom. The van der Waals surface area contributed by atoms with Gasteiger partial charge in [-0.15, -0.1) is 12.4 Å². The summed E-state index contributed by atoms with van der Waals surface area (Å²) in [6, 6.07) is 4.99. The molecule has 1 aromatic rings. The van der Waals surface area contributed by atoms with Gasteiger partial charge in [-0.25, -0.2) is 0 Å². The molecule has 2 heterocycles. The number of non-ortho nitro benzene ring substituents is 1. The summed E-state index contributed by atoms with van der Waals surface area (Å²) in [5.74, 6) is -0.331. The van der Waals surface area contributed by atoms with E-state index in [4.69, 9.17) is 5.73 Å². The number of nitrogens with zero attached hydrogens (tertiary/aromatic N) is 1. The van der Waals surface area contributed by atoms with Crippen molar-refractivity contribution in [3.8, 4) is 0 Å². The van der Waals surface area contributed by atoms with Gasteiger partial charge in [-0.05, 0) is 31.7 Å². The molecular formula is C14H19ClN4O3. The number of rotatable bonds is 3. The second-order valence-electron chi connectivity index (χ2n) is 5.81. The Kier molecular flexibility index (Phi) is 4.87. The van der Waals surface area contributed by atoms with Crippen molar-refractivity contribution in [3.05, 3.63) is 33.9 Å². The number of piperidine rings is 1. The molecule has 2 atom stereocenters. The molecule has 22 heavy (non-hydrogen) atoms. The van der Waals surface area contributed by atoms with Gasteiger partial charge in [0.05, 0.1) is 10.5 Å². The lowest BCUT2D eigenvalue weighted by Crippen LogP contribution is -2.48. The number of anilines is 1. The summed E-state index contributed by atoms with van der Waals surface area (Å²) < 4.78 is 0. The van der Waals surface area contributed by atoms with Crippen LogP contribution < -0.4 is 16.4 Å². The Hall–Kier alpha value is -1.86. The fourth-order valence-electron chi connectivity index (χ4n) is 3.29. The first-order valence-electron chi connectivity index (χ1n) is 7.14. The van der Waals surface area contributed by atoms with Crippen LogP contribution in [0.15, 0.2) is 18.2 Å². The van der Waals surface area contributed by atoms with Gasteiger partial charge in [0, 0.05) is 35.9 Å². The van der Waals surface area contributed by atoms with E-state index in [0.29, 0.717) is 12.1 Å². The monoisotopic (exact) mass is 326 g/mol. The van der Waals surface area contributed by atoms with Crippen molar-refractivity contribution in [2.45, 2.75) is 43.8 Å². The molecular weight excluding hydrogens is 308 g/mol. The first kappa shape index (κ1) is 16.5. The normalized spacial score (nSPS) is 26.1. The number of halogens is 1. The Bertz CT molecular complexity index is 583. The van der Waals surface area contributed by atoms with Crippen LogP contribution >= 0.6 is 12.4 Å². The fourth-order valence-corrected chi connectivity index (χ4v) is 3.29. The number of nitrogen functional groups attached to an aromatic ring is 1. The molecule has 3 rings (SSSR count). The highest BCUT2D eigenvalue weighted by atomic mass is 35.5. The molecule has 0 aromatic heterocycles. The maximum Gasteiger partial charge on any atom is 0.270 e. The van der Waals surface area contributed by atoms with Gasteiger partial charge < -0.3 is 16.4 Å². The smallest absolute Gasteiger partial charge is 0.270 e. The van der Waals surface area contributed by atoms with Gasteiger partial charge in [-0.2, -0.15) is 0 Å². The molecule has 7 nitrogen and oxygen atoms in total. The van der Waals surface area contributed by atoms with E-state index in [1.54, 1.807) is 0 Å². The van der Waals surface area contributed by atoms with Crippen molar-refractivity contribution < 1.29 is 9.72 Å². The van der Waals surface area contributed by atoms with Crippen LogP contribution in [-0.4, -0.2) is 29.0 Å². The average molecular weight is 327 g/mol. The summed E-state index contributed by atoms with van der Waals surface area (Å²) in [7, 11) is 0. The number of hydrogen-bond acceptors (Lipinski definition) is 5. The highest BCUT2D eigenvalue weighted by Crippen LogP contribution is 2.27. The maximum absolute atomic E-state index is 12.3. The summed E-state index contributed by atoms with van der Waals surface area (Å²) in [5, 5.41) is 17.3. The summed E-state index contributed by atoms with van der Waals surface area (Å²) in [4.78, 5) is 22.6. The predicted octanol–water partition coefficient (Wildman–Crippen LogP) is 1.61.